The highest BCUT2D eigenvalue weighted by atomic mass is 16.5. The number of ether oxygens (including phenoxy) is 2. The van der Waals surface area contributed by atoms with Crippen LogP contribution in [0, 0.1) is 0 Å². The molecule has 0 unspecified atom stereocenters. The molecule has 2 amide bonds. The van der Waals surface area contributed by atoms with Crippen molar-refractivity contribution in [2.24, 2.45) is 0 Å². The topological polar surface area (TPSA) is 96.9 Å². The van der Waals surface area contributed by atoms with Gasteiger partial charge in [0.2, 0.25) is 0 Å². The summed E-state index contributed by atoms with van der Waals surface area (Å²) in [6, 6.07) is 12.9. The summed E-state index contributed by atoms with van der Waals surface area (Å²) < 4.78 is 10.7. The van der Waals surface area contributed by atoms with Gasteiger partial charge in [-0.25, -0.2) is 5.48 Å². The predicted molar refractivity (Wildman–Crippen MR) is 114 cm³/mol. The van der Waals surface area contributed by atoms with Crippen LogP contribution < -0.4 is 20.3 Å². The number of hydroxylamine groups is 1. The van der Waals surface area contributed by atoms with E-state index in [1.54, 1.807) is 50.1 Å². The molecule has 156 valence electrons. The fourth-order valence-electron chi connectivity index (χ4n) is 2.86. The van der Waals surface area contributed by atoms with E-state index < -0.39 is 5.91 Å². The molecule has 0 atom stereocenters. The Hall–Kier alpha value is -3.58. The number of carbonyl (C=O) groups is 2. The highest BCUT2D eigenvalue weighted by molar-refractivity contribution is 6.25. The summed E-state index contributed by atoms with van der Waals surface area (Å²) in [4.78, 5) is 24.1. The first-order valence-electron chi connectivity index (χ1n) is 9.51. The smallest absolute Gasteiger partial charge is 0.267 e. The first-order valence-corrected chi connectivity index (χ1v) is 9.51. The van der Waals surface area contributed by atoms with Crippen molar-refractivity contribution in [2.45, 2.75) is 18.9 Å². The molecule has 0 aliphatic heterocycles. The number of nitrogens with one attached hydrogen (secondary N) is 2. The van der Waals surface area contributed by atoms with Crippen molar-refractivity contribution >= 4 is 29.5 Å². The second-order valence-electron chi connectivity index (χ2n) is 6.85. The Morgan fingerprint density at radius 2 is 1.73 bits per heavy atom. The van der Waals surface area contributed by atoms with Crippen molar-refractivity contribution in [2.75, 3.05) is 14.2 Å². The van der Waals surface area contributed by atoms with Crippen molar-refractivity contribution in [1.82, 2.24) is 10.8 Å². The fourth-order valence-corrected chi connectivity index (χ4v) is 2.86. The van der Waals surface area contributed by atoms with Crippen molar-refractivity contribution in [3.05, 3.63) is 65.2 Å². The molecule has 3 N–H and O–H groups in total. The van der Waals surface area contributed by atoms with Crippen LogP contribution in [0.4, 0.5) is 0 Å². The van der Waals surface area contributed by atoms with Crippen LogP contribution >= 0.6 is 0 Å². The van der Waals surface area contributed by atoms with E-state index in [0.29, 0.717) is 22.6 Å². The zero-order chi connectivity index (χ0) is 21.5. The molecule has 1 saturated carbocycles. The van der Waals surface area contributed by atoms with E-state index in [-0.39, 0.29) is 11.9 Å². The molecule has 0 radical (unpaired) electrons. The van der Waals surface area contributed by atoms with E-state index in [1.807, 2.05) is 24.3 Å². The maximum absolute atomic E-state index is 13.0. The number of rotatable bonds is 8. The van der Waals surface area contributed by atoms with Gasteiger partial charge >= 0.3 is 0 Å². The first-order chi connectivity index (χ1) is 14.5. The van der Waals surface area contributed by atoms with Gasteiger partial charge in [-0.3, -0.25) is 14.8 Å². The average molecular weight is 408 g/mol. The molecule has 7 nitrogen and oxygen atoms in total. The van der Waals surface area contributed by atoms with Crippen LogP contribution in [0.15, 0.2) is 48.5 Å². The molecule has 2 aromatic rings. The maximum Gasteiger partial charge on any atom is 0.267 e. The first kappa shape index (κ1) is 21.1. The predicted octanol–water partition coefficient (Wildman–Crippen LogP) is 3.04. The normalized spacial score (nSPS) is 13.8. The Morgan fingerprint density at radius 3 is 2.33 bits per heavy atom. The van der Waals surface area contributed by atoms with Crippen LogP contribution in [0.25, 0.3) is 17.7 Å². The molecule has 0 spiro atoms. The number of hydrogen-bond acceptors (Lipinski definition) is 5. The van der Waals surface area contributed by atoms with Gasteiger partial charge in [0.05, 0.1) is 19.8 Å². The molecule has 0 bridgehead atoms. The van der Waals surface area contributed by atoms with Gasteiger partial charge in [0.15, 0.2) is 0 Å². The quantitative estimate of drug-likeness (QED) is 0.270. The standard InChI is InChI=1S/C23H24N2O5/c1-29-18-10-11-19(21(14-18)30-2)20(23(27)24-17-8-9-17)13-16-5-3-15(4-6-16)7-12-22(26)25-28/h3-7,10-14,17,28H,8-9H2,1-2H3,(H,24,27)(H,25,26)/b12-7+,20-13-. The van der Waals surface area contributed by atoms with Gasteiger partial charge in [-0.2, -0.15) is 0 Å². The van der Waals surface area contributed by atoms with Gasteiger partial charge in [0, 0.05) is 23.7 Å². The Labute approximate surface area is 175 Å². The molecule has 0 saturated heterocycles. The number of methoxy groups -OCH3 is 2. The summed E-state index contributed by atoms with van der Waals surface area (Å²) in [5, 5.41) is 11.6. The average Bonchev–Trinajstić information content (AvgIpc) is 3.60. The molecular weight excluding hydrogens is 384 g/mol. The molecule has 0 aromatic heterocycles. The third-order valence-electron chi connectivity index (χ3n) is 4.64. The minimum atomic E-state index is -0.607. The molecule has 1 aliphatic rings. The molecule has 1 fully saturated rings. The van der Waals surface area contributed by atoms with Crippen LogP contribution in [0.3, 0.4) is 0 Å². The highest BCUT2D eigenvalue weighted by Crippen LogP contribution is 2.32. The van der Waals surface area contributed by atoms with E-state index in [9.17, 15) is 9.59 Å². The number of carbonyl (C=O) groups excluding carboxylic acids is 2. The van der Waals surface area contributed by atoms with Crippen LogP contribution in [-0.4, -0.2) is 37.3 Å². The van der Waals surface area contributed by atoms with E-state index in [2.05, 4.69) is 5.32 Å². The second-order valence-corrected chi connectivity index (χ2v) is 6.85. The molecule has 2 aromatic carbocycles. The highest BCUT2D eigenvalue weighted by Gasteiger charge is 2.26. The molecule has 30 heavy (non-hydrogen) atoms. The largest absolute Gasteiger partial charge is 0.497 e. The van der Waals surface area contributed by atoms with Crippen molar-refractivity contribution in [3.8, 4) is 11.5 Å². The number of hydrogen-bond donors (Lipinski definition) is 3. The Balaban J connectivity index is 1.94. The van der Waals surface area contributed by atoms with E-state index in [0.717, 1.165) is 24.0 Å². The molecule has 7 heteroatoms. The van der Waals surface area contributed by atoms with Crippen LogP contribution in [0.1, 0.15) is 29.5 Å². The third kappa shape index (κ3) is 5.48. The summed E-state index contributed by atoms with van der Waals surface area (Å²) in [5.74, 6) is 0.413. The number of benzene rings is 2. The minimum absolute atomic E-state index is 0.162. The van der Waals surface area contributed by atoms with Gasteiger partial charge < -0.3 is 14.8 Å². The van der Waals surface area contributed by atoms with Crippen molar-refractivity contribution in [1.29, 1.82) is 0 Å². The van der Waals surface area contributed by atoms with Gasteiger partial charge in [0.1, 0.15) is 11.5 Å². The molecular formula is C23H24N2O5. The van der Waals surface area contributed by atoms with Gasteiger partial charge in [-0.15, -0.1) is 0 Å². The summed E-state index contributed by atoms with van der Waals surface area (Å²) >= 11 is 0. The lowest BCUT2D eigenvalue weighted by atomic mass is 10.00. The fraction of sp³-hybridized carbons (Fsp3) is 0.217. The van der Waals surface area contributed by atoms with Crippen molar-refractivity contribution < 1.29 is 24.3 Å². The summed E-state index contributed by atoms with van der Waals surface area (Å²) in [6.07, 6.45) is 6.58. The molecule has 3 rings (SSSR count). The Bertz CT molecular complexity index is 976. The summed E-state index contributed by atoms with van der Waals surface area (Å²) in [7, 11) is 3.13. The number of amides is 2. The summed E-state index contributed by atoms with van der Waals surface area (Å²) in [6.45, 7) is 0. The van der Waals surface area contributed by atoms with Crippen LogP contribution in [-0.2, 0) is 9.59 Å². The lowest BCUT2D eigenvalue weighted by Gasteiger charge is -2.14. The molecule has 1 aliphatic carbocycles. The van der Waals surface area contributed by atoms with E-state index in [4.69, 9.17) is 14.7 Å². The minimum Gasteiger partial charge on any atom is -0.497 e. The zero-order valence-electron chi connectivity index (χ0n) is 16.8. The monoisotopic (exact) mass is 408 g/mol. The molecule has 0 heterocycles. The van der Waals surface area contributed by atoms with Gasteiger partial charge in [-0.1, -0.05) is 24.3 Å². The second kappa shape index (κ2) is 9.76. The van der Waals surface area contributed by atoms with Gasteiger partial charge in [-0.05, 0) is 48.3 Å². The van der Waals surface area contributed by atoms with Gasteiger partial charge in [0.25, 0.3) is 11.8 Å². The lowest BCUT2D eigenvalue weighted by Crippen LogP contribution is -2.26. The maximum atomic E-state index is 13.0. The third-order valence-corrected chi connectivity index (χ3v) is 4.64. The van der Waals surface area contributed by atoms with Crippen molar-refractivity contribution in [3.63, 3.8) is 0 Å². The van der Waals surface area contributed by atoms with E-state index >= 15 is 0 Å². The Kier molecular flexibility index (Phi) is 6.87. The van der Waals surface area contributed by atoms with E-state index in [1.165, 1.54) is 6.08 Å². The summed E-state index contributed by atoms with van der Waals surface area (Å²) in [5.41, 5.74) is 4.30. The van der Waals surface area contributed by atoms with Crippen LogP contribution in [0.5, 0.6) is 11.5 Å². The zero-order valence-corrected chi connectivity index (χ0v) is 16.8. The SMILES string of the molecule is COc1ccc(/C(=C/c2ccc(/C=C/C(=O)NO)cc2)C(=O)NC2CC2)c(OC)c1. The Morgan fingerprint density at radius 1 is 1.03 bits per heavy atom. The lowest BCUT2D eigenvalue weighted by molar-refractivity contribution is -0.124. The van der Waals surface area contributed by atoms with Crippen LogP contribution in [0.2, 0.25) is 0 Å².